The molecular weight excluding hydrogens is 528 g/mol. The van der Waals surface area contributed by atoms with Crippen molar-refractivity contribution in [2.75, 3.05) is 26.4 Å². The zero-order valence-electron chi connectivity index (χ0n) is 24.6. The lowest BCUT2D eigenvalue weighted by Crippen LogP contribution is -2.26. The summed E-state index contributed by atoms with van der Waals surface area (Å²) in [6.07, 6.45) is -1.66. The second-order valence-corrected chi connectivity index (χ2v) is 10.8. The van der Waals surface area contributed by atoms with E-state index in [1.54, 1.807) is 0 Å². The normalized spacial score (nSPS) is 12.7. The second kappa shape index (κ2) is 13.1. The van der Waals surface area contributed by atoms with Crippen molar-refractivity contribution in [3.05, 3.63) is 107 Å². The van der Waals surface area contributed by atoms with Crippen LogP contribution in [0, 0.1) is 27.7 Å². The molecule has 5 aromatic carbocycles. The topological polar surface area (TPSA) is 77.4 Å². The van der Waals surface area contributed by atoms with Gasteiger partial charge in [0, 0.05) is 21.5 Å². The van der Waals surface area contributed by atoms with Gasteiger partial charge in [0.2, 0.25) is 0 Å². The third-order valence-corrected chi connectivity index (χ3v) is 7.22. The molecule has 0 aliphatic carbocycles. The van der Waals surface area contributed by atoms with Crippen LogP contribution in [0.1, 0.15) is 22.3 Å². The highest BCUT2D eigenvalue weighted by atomic mass is 16.5. The Kier molecular flexibility index (Phi) is 9.15. The first kappa shape index (κ1) is 29.2. The molecule has 5 rings (SSSR count). The summed E-state index contributed by atoms with van der Waals surface area (Å²) in [6, 6.07) is 27.7. The Hall–Kier alpha value is -4.26. The van der Waals surface area contributed by atoms with Crippen LogP contribution in [0.25, 0.3) is 21.5 Å². The molecule has 0 heterocycles. The molecule has 2 atom stereocenters. The first-order valence-electron chi connectivity index (χ1n) is 14.3. The minimum Gasteiger partial charge on any atom is -0.490 e. The smallest absolute Gasteiger partial charge is 0.135 e. The van der Waals surface area contributed by atoms with Gasteiger partial charge in [0.25, 0.3) is 0 Å². The van der Waals surface area contributed by atoms with Crippen LogP contribution in [-0.2, 0) is 0 Å². The van der Waals surface area contributed by atoms with Crippen molar-refractivity contribution in [1.82, 2.24) is 0 Å². The van der Waals surface area contributed by atoms with Crippen molar-refractivity contribution in [2.24, 2.45) is 0 Å². The minimum absolute atomic E-state index is 0.0626. The van der Waals surface area contributed by atoms with Crippen LogP contribution < -0.4 is 18.9 Å². The van der Waals surface area contributed by atoms with Gasteiger partial charge in [-0.25, -0.2) is 0 Å². The summed E-state index contributed by atoms with van der Waals surface area (Å²) in [4.78, 5) is 0. The highest BCUT2D eigenvalue weighted by molar-refractivity contribution is 6.11. The molecule has 0 fully saturated rings. The maximum atomic E-state index is 10.7. The molecule has 0 saturated carbocycles. The van der Waals surface area contributed by atoms with Gasteiger partial charge < -0.3 is 29.2 Å². The average Bonchev–Trinajstić information content (AvgIpc) is 2.98. The number of para-hydroxylation sites is 2. The molecule has 6 heteroatoms. The van der Waals surface area contributed by atoms with E-state index < -0.39 is 12.2 Å². The van der Waals surface area contributed by atoms with Gasteiger partial charge in [-0.2, -0.15) is 0 Å². The molecule has 0 aliphatic heterocycles. The van der Waals surface area contributed by atoms with E-state index in [9.17, 15) is 10.2 Å². The fraction of sp³-hybridized carbons (Fsp3) is 0.278. The number of benzene rings is 5. The van der Waals surface area contributed by atoms with E-state index in [2.05, 4.69) is 12.1 Å². The Balaban J connectivity index is 1.38. The largest absolute Gasteiger partial charge is 0.490 e. The van der Waals surface area contributed by atoms with Crippen LogP contribution in [-0.4, -0.2) is 48.8 Å². The van der Waals surface area contributed by atoms with Gasteiger partial charge >= 0.3 is 0 Å². The van der Waals surface area contributed by atoms with E-state index in [4.69, 9.17) is 18.9 Å². The third-order valence-electron chi connectivity index (χ3n) is 7.22. The van der Waals surface area contributed by atoms with Gasteiger partial charge in [-0.05, 0) is 63.1 Å². The van der Waals surface area contributed by atoms with E-state index in [1.165, 1.54) is 0 Å². The summed E-state index contributed by atoms with van der Waals surface area (Å²) in [7, 11) is 0. The Morgan fingerprint density at radius 1 is 0.476 bits per heavy atom. The molecule has 0 aliphatic rings. The van der Waals surface area contributed by atoms with Crippen molar-refractivity contribution in [3.8, 4) is 23.0 Å². The summed E-state index contributed by atoms with van der Waals surface area (Å²) in [5.41, 5.74) is 4.16. The van der Waals surface area contributed by atoms with Crippen LogP contribution in [0.5, 0.6) is 23.0 Å². The standard InChI is InChI=1S/C36H38O6/c1-23-13-15-29-31(17-23)35(41-21-27(37)19-39-33-11-7-5-9-25(33)3)30-16-14-24(2)18-32(30)36(29)42-22-28(38)20-40-34-12-8-6-10-26(34)4/h5-18,27-28,37-38H,19-22H2,1-4H3. The quantitative estimate of drug-likeness (QED) is 0.161. The molecule has 0 radical (unpaired) electrons. The number of aliphatic hydroxyl groups is 2. The van der Waals surface area contributed by atoms with Crippen molar-refractivity contribution >= 4 is 21.5 Å². The zero-order chi connectivity index (χ0) is 29.6. The lowest BCUT2D eigenvalue weighted by Gasteiger charge is -2.21. The van der Waals surface area contributed by atoms with Gasteiger partial charge in [0.15, 0.2) is 0 Å². The van der Waals surface area contributed by atoms with Crippen LogP contribution in [0.3, 0.4) is 0 Å². The zero-order valence-corrected chi connectivity index (χ0v) is 24.6. The predicted molar refractivity (Wildman–Crippen MR) is 167 cm³/mol. The Labute approximate surface area is 247 Å². The molecule has 0 spiro atoms. The van der Waals surface area contributed by atoms with Crippen LogP contribution in [0.4, 0.5) is 0 Å². The Morgan fingerprint density at radius 2 is 0.857 bits per heavy atom. The van der Waals surface area contributed by atoms with E-state index in [1.807, 2.05) is 100 Å². The number of aryl methyl sites for hydroxylation is 4. The maximum absolute atomic E-state index is 10.7. The van der Waals surface area contributed by atoms with Crippen LogP contribution >= 0.6 is 0 Å². The van der Waals surface area contributed by atoms with E-state index in [0.717, 1.165) is 55.3 Å². The maximum Gasteiger partial charge on any atom is 0.135 e. The molecule has 2 unspecified atom stereocenters. The lowest BCUT2D eigenvalue weighted by atomic mass is 9.97. The SMILES string of the molecule is Cc1ccc2c(OCC(O)COc3ccccc3C)c3cc(C)ccc3c(OCC(O)COc3ccccc3C)c2c1. The molecule has 0 aromatic heterocycles. The third kappa shape index (κ3) is 6.78. The van der Waals surface area contributed by atoms with Gasteiger partial charge in [-0.3, -0.25) is 0 Å². The Morgan fingerprint density at radius 3 is 1.26 bits per heavy atom. The predicted octanol–water partition coefficient (Wildman–Crippen LogP) is 6.86. The summed E-state index contributed by atoms with van der Waals surface area (Å²) < 4.78 is 24.3. The van der Waals surface area contributed by atoms with Gasteiger partial charge in [-0.15, -0.1) is 0 Å². The summed E-state index contributed by atoms with van der Waals surface area (Å²) in [5.74, 6) is 2.84. The summed E-state index contributed by atoms with van der Waals surface area (Å²) in [5, 5.41) is 25.0. The van der Waals surface area contributed by atoms with Crippen LogP contribution in [0.15, 0.2) is 84.9 Å². The van der Waals surface area contributed by atoms with E-state index in [0.29, 0.717) is 11.5 Å². The first-order valence-corrected chi connectivity index (χ1v) is 14.3. The lowest BCUT2D eigenvalue weighted by molar-refractivity contribution is 0.0627. The number of rotatable bonds is 12. The average molecular weight is 567 g/mol. The molecule has 2 N–H and O–H groups in total. The summed E-state index contributed by atoms with van der Waals surface area (Å²) in [6.45, 7) is 8.35. The van der Waals surface area contributed by atoms with E-state index in [-0.39, 0.29) is 26.4 Å². The minimum atomic E-state index is -0.829. The van der Waals surface area contributed by atoms with Crippen molar-refractivity contribution < 1.29 is 29.2 Å². The highest BCUT2D eigenvalue weighted by Gasteiger charge is 2.19. The molecule has 0 saturated heterocycles. The summed E-state index contributed by atoms with van der Waals surface area (Å²) >= 11 is 0. The molecule has 0 amide bonds. The fourth-order valence-corrected chi connectivity index (χ4v) is 4.95. The molecule has 6 nitrogen and oxygen atoms in total. The van der Waals surface area contributed by atoms with Crippen molar-refractivity contribution in [3.63, 3.8) is 0 Å². The first-order chi connectivity index (χ1) is 20.3. The monoisotopic (exact) mass is 566 g/mol. The molecule has 218 valence electrons. The number of ether oxygens (including phenoxy) is 4. The van der Waals surface area contributed by atoms with Gasteiger partial charge in [0.05, 0.1) is 0 Å². The molecule has 0 bridgehead atoms. The van der Waals surface area contributed by atoms with Crippen molar-refractivity contribution in [1.29, 1.82) is 0 Å². The number of hydrogen-bond donors (Lipinski definition) is 2. The molecule has 5 aromatic rings. The molecular formula is C36H38O6. The number of fused-ring (bicyclic) bond motifs is 2. The fourth-order valence-electron chi connectivity index (χ4n) is 4.95. The number of hydrogen-bond acceptors (Lipinski definition) is 6. The van der Waals surface area contributed by atoms with Crippen molar-refractivity contribution in [2.45, 2.75) is 39.9 Å². The highest BCUT2D eigenvalue weighted by Crippen LogP contribution is 2.43. The van der Waals surface area contributed by atoms with Gasteiger partial charge in [0.1, 0.15) is 61.6 Å². The van der Waals surface area contributed by atoms with Crippen LogP contribution in [0.2, 0.25) is 0 Å². The molecule has 42 heavy (non-hydrogen) atoms. The number of aliphatic hydroxyl groups excluding tert-OH is 2. The Bertz CT molecular complexity index is 1550. The second-order valence-electron chi connectivity index (χ2n) is 10.8. The van der Waals surface area contributed by atoms with E-state index >= 15 is 0 Å². The van der Waals surface area contributed by atoms with Gasteiger partial charge in [-0.1, -0.05) is 71.8 Å².